The topological polar surface area (TPSA) is 39.9 Å². The molecule has 0 aromatic heterocycles. The number of nitrogens with one attached hydrogen (secondary N) is 1. The van der Waals surface area contributed by atoms with E-state index >= 15 is 0 Å². The van der Waals surface area contributed by atoms with Gasteiger partial charge in [-0.25, -0.2) is 4.85 Å². The molecule has 2 heterocycles. The molecule has 2 aliphatic heterocycles. The molecule has 0 radical (unpaired) electrons. The highest BCUT2D eigenvalue weighted by Gasteiger charge is 2.48. The van der Waals surface area contributed by atoms with Gasteiger partial charge in [0.15, 0.2) is 5.69 Å². The first-order valence-corrected chi connectivity index (χ1v) is 13.7. The summed E-state index contributed by atoms with van der Waals surface area (Å²) >= 11 is 0. The van der Waals surface area contributed by atoms with E-state index in [0.717, 1.165) is 25.4 Å². The van der Waals surface area contributed by atoms with Crippen LogP contribution in [0.1, 0.15) is 51.5 Å². The number of rotatable bonds is 7. The molecule has 3 fully saturated rings. The third kappa shape index (κ3) is 5.02. The summed E-state index contributed by atoms with van der Waals surface area (Å²) < 4.78 is 0. The van der Waals surface area contributed by atoms with Crippen molar-refractivity contribution in [2.75, 3.05) is 37.6 Å². The summed E-state index contributed by atoms with van der Waals surface area (Å²) in [5.74, 6) is 1.96. The summed E-state index contributed by atoms with van der Waals surface area (Å²) in [5.41, 5.74) is 3.48. The smallest absolute Gasteiger partial charge is 0.217 e. The van der Waals surface area contributed by atoms with Crippen molar-refractivity contribution in [3.63, 3.8) is 0 Å². The zero-order valence-corrected chi connectivity index (χ0v) is 21.8. The molecule has 3 atom stereocenters. The lowest BCUT2D eigenvalue weighted by atomic mass is 9.59. The average molecular weight is 485 g/mol. The second-order valence-electron chi connectivity index (χ2n) is 11.5. The number of carbonyl (C=O) groups is 1. The number of benzene rings is 2. The molecular weight excluding hydrogens is 444 g/mol. The Balaban J connectivity index is 1.20. The van der Waals surface area contributed by atoms with Crippen LogP contribution in [0.25, 0.3) is 4.85 Å². The fraction of sp³-hybridized carbons (Fsp3) is 0.548. The molecule has 5 heteroatoms. The van der Waals surface area contributed by atoms with Gasteiger partial charge in [0, 0.05) is 49.6 Å². The zero-order chi connectivity index (χ0) is 25.1. The van der Waals surface area contributed by atoms with Crippen molar-refractivity contribution < 1.29 is 4.79 Å². The number of anilines is 1. The van der Waals surface area contributed by atoms with Gasteiger partial charge < -0.3 is 15.1 Å². The van der Waals surface area contributed by atoms with E-state index < -0.39 is 0 Å². The van der Waals surface area contributed by atoms with Crippen LogP contribution in [0.15, 0.2) is 54.6 Å². The van der Waals surface area contributed by atoms with E-state index in [1.807, 2.05) is 12.1 Å². The van der Waals surface area contributed by atoms with Crippen molar-refractivity contribution in [2.24, 2.45) is 17.8 Å². The first-order chi connectivity index (χ1) is 17.5. The highest BCUT2D eigenvalue weighted by molar-refractivity contribution is 5.73. The van der Waals surface area contributed by atoms with Gasteiger partial charge in [0.1, 0.15) is 0 Å². The van der Waals surface area contributed by atoms with E-state index in [0.29, 0.717) is 17.5 Å². The molecule has 0 bridgehead atoms. The van der Waals surface area contributed by atoms with Gasteiger partial charge in [-0.3, -0.25) is 4.79 Å². The first kappa shape index (κ1) is 24.8. The van der Waals surface area contributed by atoms with Crippen molar-refractivity contribution in [1.29, 1.82) is 0 Å². The highest BCUT2D eigenvalue weighted by Crippen LogP contribution is 2.50. The van der Waals surface area contributed by atoms with E-state index in [2.05, 4.69) is 69.3 Å². The van der Waals surface area contributed by atoms with Gasteiger partial charge >= 0.3 is 0 Å². The molecule has 2 aromatic carbocycles. The second-order valence-corrected chi connectivity index (χ2v) is 11.5. The molecule has 5 rings (SSSR count). The number of nitrogens with zero attached hydrogens (tertiary/aromatic N) is 3. The Kier molecular flexibility index (Phi) is 7.34. The summed E-state index contributed by atoms with van der Waals surface area (Å²) in [6, 6.07) is 19.4. The van der Waals surface area contributed by atoms with Crippen molar-refractivity contribution in [1.82, 2.24) is 10.2 Å². The Morgan fingerprint density at radius 2 is 1.72 bits per heavy atom. The minimum Gasteiger partial charge on any atom is -0.371 e. The number of carbonyl (C=O) groups excluding carboxylic acids is 1. The van der Waals surface area contributed by atoms with E-state index in [4.69, 9.17) is 6.57 Å². The van der Waals surface area contributed by atoms with Gasteiger partial charge in [-0.05, 0) is 68.3 Å². The number of amides is 1. The van der Waals surface area contributed by atoms with Crippen LogP contribution < -0.4 is 10.2 Å². The molecule has 5 nitrogen and oxygen atoms in total. The monoisotopic (exact) mass is 484 g/mol. The molecule has 1 N–H and O–H groups in total. The summed E-state index contributed by atoms with van der Waals surface area (Å²) in [4.78, 5) is 20.6. The Bertz CT molecular complexity index is 1060. The lowest BCUT2D eigenvalue weighted by molar-refractivity contribution is -0.120. The molecule has 0 spiro atoms. The van der Waals surface area contributed by atoms with Crippen molar-refractivity contribution in [3.05, 3.63) is 71.6 Å². The summed E-state index contributed by atoms with van der Waals surface area (Å²) in [6.45, 7) is 17.0. The normalized spacial score (nSPS) is 25.1. The predicted molar refractivity (Wildman–Crippen MR) is 146 cm³/mol. The molecule has 3 aliphatic rings. The minimum absolute atomic E-state index is 0.0851. The van der Waals surface area contributed by atoms with Crippen molar-refractivity contribution >= 4 is 17.3 Å². The summed E-state index contributed by atoms with van der Waals surface area (Å²) in [5, 5.41) is 3.31. The molecule has 2 saturated heterocycles. The van der Waals surface area contributed by atoms with E-state index in [-0.39, 0.29) is 17.4 Å². The highest BCUT2D eigenvalue weighted by atomic mass is 16.1. The van der Waals surface area contributed by atoms with Crippen molar-refractivity contribution in [3.8, 4) is 0 Å². The molecule has 1 aliphatic carbocycles. The molecule has 1 amide bonds. The maximum Gasteiger partial charge on any atom is 0.217 e. The Hall–Kier alpha value is -2.84. The van der Waals surface area contributed by atoms with Crippen LogP contribution in [-0.4, -0.2) is 49.6 Å². The van der Waals surface area contributed by atoms with Gasteiger partial charge in [-0.15, -0.1) is 0 Å². The number of likely N-dealkylation sites (tertiary alicyclic amines) is 1. The molecule has 2 aromatic rings. The van der Waals surface area contributed by atoms with E-state index in [9.17, 15) is 4.79 Å². The van der Waals surface area contributed by atoms with Crippen molar-refractivity contribution in [2.45, 2.75) is 57.4 Å². The van der Waals surface area contributed by atoms with Gasteiger partial charge in [0.2, 0.25) is 5.91 Å². The Morgan fingerprint density at radius 1 is 1.03 bits per heavy atom. The van der Waals surface area contributed by atoms with Crippen LogP contribution in [0.2, 0.25) is 0 Å². The van der Waals surface area contributed by atoms with Crippen LogP contribution in [-0.2, 0) is 10.2 Å². The van der Waals surface area contributed by atoms with Crippen LogP contribution >= 0.6 is 0 Å². The lowest BCUT2D eigenvalue weighted by Crippen LogP contribution is -2.54. The SMILES string of the molecule is [C-]#[N+]c1ccc(N2CC(CN3CCC(C(C)(c4ccccc4)[C@@H]4CCC[C@H]4NC(C)=O)CC3)C2)cc1. The molecule has 1 saturated carbocycles. The summed E-state index contributed by atoms with van der Waals surface area (Å²) in [6.07, 6.45) is 5.96. The van der Waals surface area contributed by atoms with Crippen LogP contribution in [0.4, 0.5) is 11.4 Å². The fourth-order valence-electron chi connectivity index (χ4n) is 7.38. The molecular formula is C31H40N4O. The average Bonchev–Trinajstić information content (AvgIpc) is 3.34. The van der Waals surface area contributed by atoms with E-state index in [1.165, 1.54) is 56.6 Å². The number of hydrogen-bond acceptors (Lipinski definition) is 3. The number of hydrogen-bond donors (Lipinski definition) is 1. The standard InChI is InChI=1S/C31H40N4O/c1-23(36)33-30-11-7-10-29(30)31(2,25-8-5-4-6-9-25)26-16-18-34(19-17-26)20-24-21-35(22-24)28-14-12-27(32-3)13-15-28/h4-6,8-9,12-15,24,26,29-30H,7,10-11,16-22H2,1-2H3,(H,33,36)/t29-,30-,31?/m1/s1. The van der Waals surface area contributed by atoms with Gasteiger partial charge in [0.05, 0.1) is 6.57 Å². The summed E-state index contributed by atoms with van der Waals surface area (Å²) in [7, 11) is 0. The molecule has 1 unspecified atom stereocenters. The molecule has 36 heavy (non-hydrogen) atoms. The Morgan fingerprint density at radius 3 is 2.36 bits per heavy atom. The van der Waals surface area contributed by atoms with Gasteiger partial charge in [-0.2, -0.15) is 0 Å². The third-order valence-electron chi connectivity index (χ3n) is 9.32. The lowest BCUT2D eigenvalue weighted by Gasteiger charge is -2.50. The second kappa shape index (κ2) is 10.6. The zero-order valence-electron chi connectivity index (χ0n) is 21.8. The quantitative estimate of drug-likeness (QED) is 0.517. The van der Waals surface area contributed by atoms with Crippen LogP contribution in [0.3, 0.4) is 0 Å². The predicted octanol–water partition coefficient (Wildman–Crippen LogP) is 5.65. The fourth-order valence-corrected chi connectivity index (χ4v) is 7.38. The maximum atomic E-state index is 12.0. The number of piperidine rings is 1. The Labute approximate surface area is 216 Å². The van der Waals surface area contributed by atoms with Crippen LogP contribution in [0, 0.1) is 24.3 Å². The maximum absolute atomic E-state index is 12.0. The largest absolute Gasteiger partial charge is 0.371 e. The van der Waals surface area contributed by atoms with Crippen LogP contribution in [0.5, 0.6) is 0 Å². The van der Waals surface area contributed by atoms with E-state index in [1.54, 1.807) is 6.92 Å². The minimum atomic E-state index is 0.0851. The first-order valence-electron chi connectivity index (χ1n) is 13.7. The third-order valence-corrected chi connectivity index (χ3v) is 9.32. The van der Waals surface area contributed by atoms with Gasteiger partial charge in [0.25, 0.3) is 0 Å². The van der Waals surface area contributed by atoms with Gasteiger partial charge in [-0.1, -0.05) is 55.8 Å². The molecule has 190 valence electrons.